The molecule has 6 nitrogen and oxygen atoms in total. The summed E-state index contributed by atoms with van der Waals surface area (Å²) in [5, 5.41) is 12.2. The molecule has 0 unspecified atom stereocenters. The summed E-state index contributed by atoms with van der Waals surface area (Å²) in [7, 11) is 1.57. The van der Waals surface area contributed by atoms with Gasteiger partial charge in [0.15, 0.2) is 5.82 Å². The van der Waals surface area contributed by atoms with Crippen LogP contribution in [0.2, 0.25) is 5.02 Å². The van der Waals surface area contributed by atoms with Crippen molar-refractivity contribution >= 4 is 23.2 Å². The number of hydrogen-bond acceptors (Lipinski definition) is 4. The van der Waals surface area contributed by atoms with E-state index in [1.807, 2.05) is 6.07 Å². The number of carbonyl (C=O) groups is 1. The quantitative estimate of drug-likeness (QED) is 0.700. The maximum absolute atomic E-state index is 12.6. The SMILES string of the molecule is COc1cccc(C(=O)Nc2ccc(Cl)c(-c3nnc4n3CCCCC4)c2)c1. The van der Waals surface area contributed by atoms with E-state index in [0.29, 0.717) is 22.0 Å². The van der Waals surface area contributed by atoms with Gasteiger partial charge in [0.25, 0.3) is 5.91 Å². The van der Waals surface area contributed by atoms with Crippen LogP contribution in [-0.4, -0.2) is 27.8 Å². The minimum atomic E-state index is -0.216. The Kier molecular flexibility index (Phi) is 5.30. The van der Waals surface area contributed by atoms with E-state index in [9.17, 15) is 4.79 Å². The number of nitrogens with one attached hydrogen (secondary N) is 1. The number of nitrogens with zero attached hydrogens (tertiary/aromatic N) is 3. The summed E-state index contributed by atoms with van der Waals surface area (Å²) in [4.78, 5) is 12.6. The van der Waals surface area contributed by atoms with Crippen LogP contribution in [0.15, 0.2) is 42.5 Å². The van der Waals surface area contributed by atoms with Gasteiger partial charge in [-0.25, -0.2) is 0 Å². The molecule has 1 amide bonds. The Hall–Kier alpha value is -2.86. The molecular weight excluding hydrogens is 376 g/mol. The Morgan fingerprint density at radius 2 is 2.04 bits per heavy atom. The molecule has 0 aliphatic carbocycles. The fourth-order valence-corrected chi connectivity index (χ4v) is 3.63. The first-order valence-electron chi connectivity index (χ1n) is 9.33. The van der Waals surface area contributed by atoms with Crippen LogP contribution in [0.4, 0.5) is 5.69 Å². The molecule has 0 saturated carbocycles. The number of ether oxygens (including phenoxy) is 1. The zero-order valence-corrected chi connectivity index (χ0v) is 16.4. The minimum absolute atomic E-state index is 0.216. The highest BCUT2D eigenvalue weighted by Crippen LogP contribution is 2.31. The lowest BCUT2D eigenvalue weighted by Crippen LogP contribution is -2.12. The highest BCUT2D eigenvalue weighted by Gasteiger charge is 2.19. The fourth-order valence-electron chi connectivity index (χ4n) is 3.43. The van der Waals surface area contributed by atoms with E-state index >= 15 is 0 Å². The number of halogens is 1. The van der Waals surface area contributed by atoms with Gasteiger partial charge in [0.05, 0.1) is 12.1 Å². The van der Waals surface area contributed by atoms with E-state index in [0.717, 1.165) is 43.0 Å². The number of rotatable bonds is 4. The first-order valence-corrected chi connectivity index (χ1v) is 9.71. The topological polar surface area (TPSA) is 69.0 Å². The summed E-state index contributed by atoms with van der Waals surface area (Å²) in [5.74, 6) is 2.16. The average Bonchev–Trinajstić information content (AvgIpc) is 2.97. The molecule has 0 saturated heterocycles. The van der Waals surface area contributed by atoms with E-state index in [1.165, 1.54) is 6.42 Å². The van der Waals surface area contributed by atoms with E-state index in [-0.39, 0.29) is 5.91 Å². The smallest absolute Gasteiger partial charge is 0.255 e. The Morgan fingerprint density at radius 3 is 2.89 bits per heavy atom. The predicted molar refractivity (Wildman–Crippen MR) is 109 cm³/mol. The molecule has 0 bridgehead atoms. The third-order valence-corrected chi connectivity index (χ3v) is 5.24. The number of anilines is 1. The number of methoxy groups -OCH3 is 1. The lowest BCUT2D eigenvalue weighted by atomic mass is 10.1. The van der Waals surface area contributed by atoms with Crippen molar-refractivity contribution in [3.63, 3.8) is 0 Å². The Labute approximate surface area is 168 Å². The van der Waals surface area contributed by atoms with Crippen molar-refractivity contribution in [3.05, 3.63) is 58.9 Å². The lowest BCUT2D eigenvalue weighted by Gasteiger charge is -2.11. The molecule has 2 heterocycles. The van der Waals surface area contributed by atoms with Crippen molar-refractivity contribution in [1.82, 2.24) is 14.8 Å². The molecule has 1 aliphatic rings. The van der Waals surface area contributed by atoms with Crippen molar-refractivity contribution in [2.24, 2.45) is 0 Å². The van der Waals surface area contributed by atoms with Gasteiger partial charge in [-0.3, -0.25) is 4.79 Å². The number of carbonyl (C=O) groups excluding carboxylic acids is 1. The maximum Gasteiger partial charge on any atom is 0.255 e. The summed E-state index contributed by atoms with van der Waals surface area (Å²) < 4.78 is 7.33. The molecule has 4 rings (SSSR count). The van der Waals surface area contributed by atoms with Crippen molar-refractivity contribution in [1.29, 1.82) is 0 Å². The summed E-state index contributed by atoms with van der Waals surface area (Å²) in [5.41, 5.74) is 1.94. The van der Waals surface area contributed by atoms with Gasteiger partial charge in [-0.2, -0.15) is 0 Å². The van der Waals surface area contributed by atoms with Gasteiger partial charge in [-0.05, 0) is 49.2 Å². The molecule has 7 heteroatoms. The molecule has 1 N–H and O–H groups in total. The fraction of sp³-hybridized carbons (Fsp3) is 0.286. The highest BCUT2D eigenvalue weighted by atomic mass is 35.5. The summed E-state index contributed by atoms with van der Waals surface area (Å²) in [6.07, 6.45) is 4.34. The van der Waals surface area contributed by atoms with Crippen LogP contribution in [0.3, 0.4) is 0 Å². The van der Waals surface area contributed by atoms with Crippen LogP contribution in [0, 0.1) is 0 Å². The summed E-state index contributed by atoms with van der Waals surface area (Å²) in [6, 6.07) is 12.4. The zero-order valence-electron chi connectivity index (χ0n) is 15.6. The van der Waals surface area contributed by atoms with E-state index in [2.05, 4.69) is 20.1 Å². The van der Waals surface area contributed by atoms with Crippen LogP contribution in [0.25, 0.3) is 11.4 Å². The van der Waals surface area contributed by atoms with Gasteiger partial charge in [-0.15, -0.1) is 10.2 Å². The van der Waals surface area contributed by atoms with Crippen LogP contribution < -0.4 is 10.1 Å². The Balaban J connectivity index is 1.63. The molecule has 0 fully saturated rings. The predicted octanol–water partition coefficient (Wildman–Crippen LogP) is 4.59. The van der Waals surface area contributed by atoms with Crippen LogP contribution in [0.5, 0.6) is 5.75 Å². The Morgan fingerprint density at radius 1 is 1.14 bits per heavy atom. The molecule has 144 valence electrons. The van der Waals surface area contributed by atoms with E-state index in [1.54, 1.807) is 43.5 Å². The standard InChI is InChI=1S/C21H21ClN4O2/c1-28-16-7-5-6-14(12-16)21(27)23-15-9-10-18(22)17(13-15)20-25-24-19-8-3-2-4-11-26(19)20/h5-7,9-10,12-13H,2-4,8,11H2,1H3,(H,23,27). The molecule has 0 spiro atoms. The first-order chi connectivity index (χ1) is 13.7. The molecule has 1 aliphatic heterocycles. The second kappa shape index (κ2) is 8.02. The van der Waals surface area contributed by atoms with E-state index in [4.69, 9.17) is 16.3 Å². The van der Waals surface area contributed by atoms with Crippen molar-refractivity contribution in [2.45, 2.75) is 32.2 Å². The van der Waals surface area contributed by atoms with Crippen LogP contribution >= 0.6 is 11.6 Å². The molecule has 1 aromatic heterocycles. The lowest BCUT2D eigenvalue weighted by molar-refractivity contribution is 0.102. The second-order valence-electron chi connectivity index (χ2n) is 6.78. The molecular formula is C21H21ClN4O2. The maximum atomic E-state index is 12.6. The normalized spacial score (nSPS) is 13.5. The van der Waals surface area contributed by atoms with Crippen molar-refractivity contribution < 1.29 is 9.53 Å². The van der Waals surface area contributed by atoms with Gasteiger partial charge in [-0.1, -0.05) is 24.1 Å². The largest absolute Gasteiger partial charge is 0.497 e. The molecule has 2 aromatic carbocycles. The molecule has 0 atom stereocenters. The van der Waals surface area contributed by atoms with Gasteiger partial charge < -0.3 is 14.6 Å². The summed E-state index contributed by atoms with van der Waals surface area (Å²) >= 11 is 6.45. The van der Waals surface area contributed by atoms with Crippen LogP contribution in [0.1, 0.15) is 35.4 Å². The molecule has 28 heavy (non-hydrogen) atoms. The van der Waals surface area contributed by atoms with Gasteiger partial charge in [0.1, 0.15) is 11.6 Å². The first kappa shape index (κ1) is 18.5. The van der Waals surface area contributed by atoms with Crippen LogP contribution in [-0.2, 0) is 13.0 Å². The third-order valence-electron chi connectivity index (χ3n) is 4.91. The number of fused-ring (bicyclic) bond motifs is 1. The number of amides is 1. The number of benzene rings is 2. The minimum Gasteiger partial charge on any atom is -0.497 e. The van der Waals surface area contributed by atoms with E-state index < -0.39 is 0 Å². The summed E-state index contributed by atoms with van der Waals surface area (Å²) in [6.45, 7) is 0.883. The number of aryl methyl sites for hydroxylation is 1. The monoisotopic (exact) mass is 396 g/mol. The van der Waals surface area contributed by atoms with Gasteiger partial charge in [0.2, 0.25) is 0 Å². The van der Waals surface area contributed by atoms with Gasteiger partial charge >= 0.3 is 0 Å². The number of aromatic nitrogens is 3. The highest BCUT2D eigenvalue weighted by molar-refractivity contribution is 6.33. The zero-order chi connectivity index (χ0) is 19.5. The van der Waals surface area contributed by atoms with Gasteiger partial charge in [0, 0.05) is 29.8 Å². The number of hydrogen-bond donors (Lipinski definition) is 1. The molecule has 3 aromatic rings. The second-order valence-corrected chi connectivity index (χ2v) is 7.19. The van der Waals surface area contributed by atoms with Crippen molar-refractivity contribution in [3.8, 4) is 17.1 Å². The average molecular weight is 397 g/mol. The molecule has 0 radical (unpaired) electrons. The third kappa shape index (κ3) is 3.73. The van der Waals surface area contributed by atoms with Crippen molar-refractivity contribution in [2.75, 3.05) is 12.4 Å². The Bertz CT molecular complexity index is 1020.